The van der Waals surface area contributed by atoms with Crippen LogP contribution in [0.3, 0.4) is 0 Å². The van der Waals surface area contributed by atoms with Gasteiger partial charge < -0.3 is 5.32 Å². The Kier molecular flexibility index (Phi) is 3.75. The minimum absolute atomic E-state index is 0.00613. The van der Waals surface area contributed by atoms with Crippen LogP contribution in [0.15, 0.2) is 42.5 Å². The number of anilines is 1. The summed E-state index contributed by atoms with van der Waals surface area (Å²) < 4.78 is 0. The van der Waals surface area contributed by atoms with Crippen LogP contribution in [-0.4, -0.2) is 9.91 Å². The molecular weight excluding hydrogens is 242 g/mol. The third-order valence-electron chi connectivity index (χ3n) is 2.86. The number of nitrogens with zero attached hydrogens (tertiary/aromatic N) is 2. The molecule has 2 rings (SSSR count). The summed E-state index contributed by atoms with van der Waals surface area (Å²) in [6.07, 6.45) is 0. The number of aryl methyl sites for hydroxylation is 1. The molecule has 0 aliphatic heterocycles. The van der Waals surface area contributed by atoms with Gasteiger partial charge >= 0.3 is 5.69 Å². The van der Waals surface area contributed by atoms with E-state index in [1.54, 1.807) is 6.07 Å². The van der Waals surface area contributed by atoms with Gasteiger partial charge in [-0.2, -0.15) is 0 Å². The number of hydrogen-bond donors (Lipinski definition) is 1. The molecular formula is C14H15N3O2. The molecule has 0 fully saturated rings. The third kappa shape index (κ3) is 3.07. The van der Waals surface area contributed by atoms with Crippen molar-refractivity contribution < 1.29 is 4.92 Å². The number of rotatable bonds is 4. The fourth-order valence-corrected chi connectivity index (χ4v) is 1.83. The van der Waals surface area contributed by atoms with Gasteiger partial charge in [0.05, 0.1) is 11.0 Å². The second kappa shape index (κ2) is 5.48. The van der Waals surface area contributed by atoms with Gasteiger partial charge in [-0.15, -0.1) is 0 Å². The molecule has 5 heteroatoms. The van der Waals surface area contributed by atoms with Gasteiger partial charge in [-0.3, -0.25) is 10.1 Å². The minimum atomic E-state index is -0.424. The molecule has 98 valence electrons. The molecule has 0 aliphatic rings. The average Bonchev–Trinajstić information content (AvgIpc) is 2.39. The zero-order valence-electron chi connectivity index (χ0n) is 10.8. The topological polar surface area (TPSA) is 68.1 Å². The smallest absolute Gasteiger partial charge is 0.311 e. The standard InChI is InChI=1S/C14H15N3O2/c1-10-8-9-13(17(18)19)14(15-10)16-11(2)12-6-4-3-5-7-12/h3-9,11H,1-2H3,(H,15,16). The predicted octanol–water partition coefficient (Wildman–Crippen LogP) is 3.47. The van der Waals surface area contributed by atoms with E-state index in [1.807, 2.05) is 44.2 Å². The normalized spacial score (nSPS) is 11.9. The summed E-state index contributed by atoms with van der Waals surface area (Å²) in [6.45, 7) is 3.76. The van der Waals surface area contributed by atoms with Crippen molar-refractivity contribution >= 4 is 11.5 Å². The van der Waals surface area contributed by atoms with Gasteiger partial charge in [0.25, 0.3) is 0 Å². The number of pyridine rings is 1. The lowest BCUT2D eigenvalue weighted by Gasteiger charge is -2.15. The predicted molar refractivity (Wildman–Crippen MR) is 74.1 cm³/mol. The molecule has 5 nitrogen and oxygen atoms in total. The zero-order valence-corrected chi connectivity index (χ0v) is 10.8. The van der Waals surface area contributed by atoms with E-state index in [0.29, 0.717) is 5.82 Å². The van der Waals surface area contributed by atoms with Crippen molar-refractivity contribution in [2.24, 2.45) is 0 Å². The lowest BCUT2D eigenvalue weighted by molar-refractivity contribution is -0.384. The first-order valence-corrected chi connectivity index (χ1v) is 6.01. The molecule has 1 atom stereocenters. The Balaban J connectivity index is 2.28. The Labute approximate surface area is 111 Å². The molecule has 0 aliphatic carbocycles. The summed E-state index contributed by atoms with van der Waals surface area (Å²) in [6, 6.07) is 12.8. The molecule has 2 aromatic rings. The summed E-state index contributed by atoms with van der Waals surface area (Å²) in [4.78, 5) is 14.8. The number of aromatic nitrogens is 1. The van der Waals surface area contributed by atoms with E-state index in [-0.39, 0.29) is 11.7 Å². The summed E-state index contributed by atoms with van der Waals surface area (Å²) in [7, 11) is 0. The second-order valence-corrected chi connectivity index (χ2v) is 4.35. The van der Waals surface area contributed by atoms with Crippen molar-refractivity contribution in [3.8, 4) is 0 Å². The molecule has 0 bridgehead atoms. The van der Waals surface area contributed by atoms with E-state index < -0.39 is 4.92 Å². The quantitative estimate of drug-likeness (QED) is 0.672. The molecule has 1 aromatic heterocycles. The second-order valence-electron chi connectivity index (χ2n) is 4.35. The monoisotopic (exact) mass is 257 g/mol. The maximum absolute atomic E-state index is 11.0. The van der Waals surface area contributed by atoms with E-state index in [2.05, 4.69) is 10.3 Å². The van der Waals surface area contributed by atoms with Crippen LogP contribution in [0.25, 0.3) is 0 Å². The highest BCUT2D eigenvalue weighted by Gasteiger charge is 2.17. The van der Waals surface area contributed by atoms with Gasteiger partial charge in [-0.25, -0.2) is 4.98 Å². The largest absolute Gasteiger partial charge is 0.358 e. The number of hydrogen-bond acceptors (Lipinski definition) is 4. The van der Waals surface area contributed by atoms with Crippen LogP contribution in [0.5, 0.6) is 0 Å². The molecule has 0 amide bonds. The van der Waals surface area contributed by atoms with Crippen LogP contribution < -0.4 is 5.32 Å². The van der Waals surface area contributed by atoms with E-state index >= 15 is 0 Å². The Morgan fingerprint density at radius 2 is 1.89 bits per heavy atom. The first-order chi connectivity index (χ1) is 9.08. The van der Waals surface area contributed by atoms with Crippen molar-refractivity contribution in [2.45, 2.75) is 19.9 Å². The van der Waals surface area contributed by atoms with Crippen molar-refractivity contribution in [1.29, 1.82) is 0 Å². The molecule has 0 saturated heterocycles. The maximum atomic E-state index is 11.0. The first-order valence-electron chi connectivity index (χ1n) is 6.01. The Morgan fingerprint density at radius 1 is 1.21 bits per heavy atom. The summed E-state index contributed by atoms with van der Waals surface area (Å²) >= 11 is 0. The molecule has 0 spiro atoms. The number of nitrogens with one attached hydrogen (secondary N) is 1. The van der Waals surface area contributed by atoms with Gasteiger partial charge in [-0.05, 0) is 25.5 Å². The van der Waals surface area contributed by atoms with Gasteiger partial charge in [0.2, 0.25) is 5.82 Å². The summed E-state index contributed by atoms with van der Waals surface area (Å²) in [5.41, 5.74) is 1.79. The highest BCUT2D eigenvalue weighted by molar-refractivity contribution is 5.57. The molecule has 1 unspecified atom stereocenters. The van der Waals surface area contributed by atoms with E-state index in [1.165, 1.54) is 6.07 Å². The van der Waals surface area contributed by atoms with Crippen molar-refractivity contribution in [2.75, 3.05) is 5.32 Å². The van der Waals surface area contributed by atoms with Gasteiger partial charge in [0, 0.05) is 11.8 Å². The lowest BCUT2D eigenvalue weighted by Crippen LogP contribution is -2.10. The molecule has 0 radical (unpaired) electrons. The average molecular weight is 257 g/mol. The van der Waals surface area contributed by atoms with Crippen LogP contribution in [0.1, 0.15) is 24.2 Å². The molecule has 19 heavy (non-hydrogen) atoms. The molecule has 1 heterocycles. The highest BCUT2D eigenvalue weighted by atomic mass is 16.6. The van der Waals surface area contributed by atoms with Crippen molar-refractivity contribution in [1.82, 2.24) is 4.98 Å². The molecule has 0 saturated carbocycles. The lowest BCUT2D eigenvalue weighted by atomic mass is 10.1. The van der Waals surface area contributed by atoms with Gasteiger partial charge in [-0.1, -0.05) is 30.3 Å². The molecule has 1 aromatic carbocycles. The zero-order chi connectivity index (χ0) is 13.8. The van der Waals surface area contributed by atoms with E-state index in [4.69, 9.17) is 0 Å². The fraction of sp³-hybridized carbons (Fsp3) is 0.214. The Morgan fingerprint density at radius 3 is 2.53 bits per heavy atom. The van der Waals surface area contributed by atoms with Crippen LogP contribution in [0.2, 0.25) is 0 Å². The highest BCUT2D eigenvalue weighted by Crippen LogP contribution is 2.26. The van der Waals surface area contributed by atoms with Gasteiger partial charge in [0.1, 0.15) is 0 Å². The van der Waals surface area contributed by atoms with Crippen molar-refractivity contribution in [3.63, 3.8) is 0 Å². The van der Waals surface area contributed by atoms with Crippen LogP contribution in [0, 0.1) is 17.0 Å². The van der Waals surface area contributed by atoms with Crippen molar-refractivity contribution in [3.05, 3.63) is 63.8 Å². The molecule has 1 N–H and O–H groups in total. The maximum Gasteiger partial charge on any atom is 0.311 e. The SMILES string of the molecule is Cc1ccc([N+](=O)[O-])c(NC(C)c2ccccc2)n1. The van der Waals surface area contributed by atoms with Crippen LogP contribution in [0.4, 0.5) is 11.5 Å². The number of benzene rings is 1. The Hall–Kier alpha value is -2.43. The summed E-state index contributed by atoms with van der Waals surface area (Å²) in [5.74, 6) is 0.307. The van der Waals surface area contributed by atoms with Gasteiger partial charge in [0.15, 0.2) is 0 Å². The fourth-order valence-electron chi connectivity index (χ4n) is 1.83. The third-order valence-corrected chi connectivity index (χ3v) is 2.86. The van der Waals surface area contributed by atoms with Crippen LogP contribution in [-0.2, 0) is 0 Å². The van der Waals surface area contributed by atoms with E-state index in [9.17, 15) is 10.1 Å². The number of nitro groups is 1. The van der Waals surface area contributed by atoms with Crippen LogP contribution >= 0.6 is 0 Å². The summed E-state index contributed by atoms with van der Waals surface area (Å²) in [5, 5.41) is 14.1. The Bertz CT molecular complexity index is 584. The minimum Gasteiger partial charge on any atom is -0.358 e. The van der Waals surface area contributed by atoms with E-state index in [0.717, 1.165) is 11.3 Å². The first kappa shape index (κ1) is 13.0.